The third-order valence-electron chi connectivity index (χ3n) is 5.11. The van der Waals surface area contributed by atoms with Crippen molar-refractivity contribution in [3.63, 3.8) is 0 Å². The van der Waals surface area contributed by atoms with Gasteiger partial charge in [-0.05, 0) is 48.9 Å². The normalized spacial score (nSPS) is 43.4. The number of hydrogen-bond donors (Lipinski definition) is 0. The van der Waals surface area contributed by atoms with Gasteiger partial charge in [0, 0.05) is 0 Å². The molecule has 0 bridgehead atoms. The van der Waals surface area contributed by atoms with E-state index in [2.05, 4.69) is 20.8 Å². The Morgan fingerprint density at radius 2 is 1.80 bits per heavy atom. The van der Waals surface area contributed by atoms with E-state index in [4.69, 9.17) is 0 Å². The van der Waals surface area contributed by atoms with Gasteiger partial charge in [0.05, 0.1) is 0 Å². The van der Waals surface area contributed by atoms with E-state index in [0.29, 0.717) is 0 Å². The van der Waals surface area contributed by atoms with Gasteiger partial charge in [-0.2, -0.15) is 0 Å². The van der Waals surface area contributed by atoms with E-state index in [-0.39, 0.29) is 0 Å². The molecule has 0 aliphatic heterocycles. The molecule has 0 aromatic rings. The minimum atomic E-state index is 0.754. The molecule has 0 amide bonds. The van der Waals surface area contributed by atoms with E-state index < -0.39 is 0 Å². The molecule has 0 heteroatoms. The number of hydrogen-bond acceptors (Lipinski definition) is 0. The summed E-state index contributed by atoms with van der Waals surface area (Å²) in [4.78, 5) is 0. The van der Waals surface area contributed by atoms with Gasteiger partial charge in [-0.1, -0.05) is 47.5 Å². The lowest BCUT2D eigenvalue weighted by atomic mass is 9.49. The van der Waals surface area contributed by atoms with Crippen LogP contribution in [0.2, 0.25) is 0 Å². The van der Waals surface area contributed by atoms with Crippen molar-refractivity contribution in [2.45, 2.75) is 73.1 Å². The van der Waals surface area contributed by atoms with Gasteiger partial charge in [0.2, 0.25) is 0 Å². The summed E-state index contributed by atoms with van der Waals surface area (Å²) in [5.74, 6) is 3.20. The van der Waals surface area contributed by atoms with Crippen LogP contribution in [0.4, 0.5) is 0 Å². The van der Waals surface area contributed by atoms with Crippen LogP contribution >= 0.6 is 0 Å². The van der Waals surface area contributed by atoms with E-state index in [1.807, 2.05) is 13.8 Å². The topological polar surface area (TPSA) is 0 Å². The van der Waals surface area contributed by atoms with Crippen molar-refractivity contribution in [3.05, 3.63) is 0 Å². The fourth-order valence-electron chi connectivity index (χ4n) is 3.41. The smallest absolute Gasteiger partial charge is 0.0272 e. The maximum Gasteiger partial charge on any atom is -0.0272 e. The SMILES string of the molecule is CC.CCCC1CC([C@]2(C)CC[C@@H]2C)C1. The molecule has 0 nitrogen and oxygen atoms in total. The zero-order valence-corrected chi connectivity index (χ0v) is 11.5. The molecule has 2 rings (SSSR count). The summed E-state index contributed by atoms with van der Waals surface area (Å²) >= 11 is 0. The summed E-state index contributed by atoms with van der Waals surface area (Å²) < 4.78 is 0. The van der Waals surface area contributed by atoms with Gasteiger partial charge < -0.3 is 0 Å². The zero-order valence-electron chi connectivity index (χ0n) is 11.5. The second kappa shape index (κ2) is 5.37. The van der Waals surface area contributed by atoms with E-state index in [9.17, 15) is 0 Å². The Morgan fingerprint density at radius 1 is 1.20 bits per heavy atom. The van der Waals surface area contributed by atoms with Crippen LogP contribution < -0.4 is 0 Å². The molecule has 0 aromatic carbocycles. The summed E-state index contributed by atoms with van der Waals surface area (Å²) in [6.45, 7) is 11.3. The second-order valence-corrected chi connectivity index (χ2v) is 5.77. The first-order valence-corrected chi connectivity index (χ1v) is 7.16. The van der Waals surface area contributed by atoms with Gasteiger partial charge in [0.25, 0.3) is 0 Å². The van der Waals surface area contributed by atoms with Crippen LogP contribution in [0, 0.1) is 23.2 Å². The Hall–Kier alpha value is 0. The van der Waals surface area contributed by atoms with Gasteiger partial charge >= 0.3 is 0 Å². The molecule has 0 heterocycles. The van der Waals surface area contributed by atoms with Gasteiger partial charge in [-0.15, -0.1) is 0 Å². The summed E-state index contributed by atoms with van der Waals surface area (Å²) in [5.41, 5.74) is 0.754. The quantitative estimate of drug-likeness (QED) is 0.595. The van der Waals surface area contributed by atoms with Crippen molar-refractivity contribution >= 4 is 0 Å². The summed E-state index contributed by atoms with van der Waals surface area (Å²) in [7, 11) is 0. The Balaban J connectivity index is 0.000000531. The molecule has 2 fully saturated rings. The molecule has 0 radical (unpaired) electrons. The molecule has 0 N–H and O–H groups in total. The average molecular weight is 210 g/mol. The lowest BCUT2D eigenvalue weighted by Gasteiger charge is -2.56. The van der Waals surface area contributed by atoms with E-state index in [1.54, 1.807) is 12.8 Å². The molecule has 0 aromatic heterocycles. The van der Waals surface area contributed by atoms with E-state index in [1.165, 1.54) is 25.7 Å². The predicted octanol–water partition coefficient (Wildman–Crippen LogP) is 5.28. The first-order valence-electron chi connectivity index (χ1n) is 7.16. The van der Waals surface area contributed by atoms with E-state index >= 15 is 0 Å². The third kappa shape index (κ3) is 2.40. The maximum atomic E-state index is 2.54. The minimum Gasteiger partial charge on any atom is -0.0683 e. The Morgan fingerprint density at radius 3 is 2.13 bits per heavy atom. The Labute approximate surface area is 96.8 Å². The van der Waals surface area contributed by atoms with Gasteiger partial charge in [0.1, 0.15) is 0 Å². The van der Waals surface area contributed by atoms with Crippen molar-refractivity contribution in [3.8, 4) is 0 Å². The number of rotatable bonds is 3. The fraction of sp³-hybridized carbons (Fsp3) is 1.00. The molecule has 0 spiro atoms. The molecule has 2 atom stereocenters. The third-order valence-corrected chi connectivity index (χ3v) is 5.11. The highest BCUT2D eigenvalue weighted by Crippen LogP contribution is 2.59. The van der Waals surface area contributed by atoms with Crippen LogP contribution in [0.25, 0.3) is 0 Å². The highest BCUT2D eigenvalue weighted by molar-refractivity contribution is 4.99. The summed E-state index contributed by atoms with van der Waals surface area (Å²) in [5, 5.41) is 0. The van der Waals surface area contributed by atoms with Gasteiger partial charge in [-0.25, -0.2) is 0 Å². The van der Waals surface area contributed by atoms with Crippen molar-refractivity contribution in [1.29, 1.82) is 0 Å². The van der Waals surface area contributed by atoms with Crippen molar-refractivity contribution in [2.75, 3.05) is 0 Å². The predicted molar refractivity (Wildman–Crippen MR) is 69.0 cm³/mol. The molecule has 0 saturated heterocycles. The van der Waals surface area contributed by atoms with Crippen LogP contribution in [-0.2, 0) is 0 Å². The lowest BCUT2D eigenvalue weighted by Crippen LogP contribution is -2.47. The van der Waals surface area contributed by atoms with E-state index in [0.717, 1.165) is 23.2 Å². The Kier molecular flexibility index (Phi) is 4.67. The van der Waals surface area contributed by atoms with Crippen molar-refractivity contribution < 1.29 is 0 Å². The fourth-order valence-corrected chi connectivity index (χ4v) is 3.41. The van der Waals surface area contributed by atoms with Crippen molar-refractivity contribution in [1.82, 2.24) is 0 Å². The van der Waals surface area contributed by atoms with Crippen LogP contribution in [0.15, 0.2) is 0 Å². The van der Waals surface area contributed by atoms with Gasteiger partial charge in [0.15, 0.2) is 0 Å². The zero-order chi connectivity index (χ0) is 11.5. The molecule has 2 aliphatic carbocycles. The molecular weight excluding hydrogens is 180 g/mol. The highest BCUT2D eigenvalue weighted by Gasteiger charge is 2.49. The largest absolute Gasteiger partial charge is 0.0683 e. The first-order chi connectivity index (χ1) is 7.16. The second-order valence-electron chi connectivity index (χ2n) is 5.77. The Bertz CT molecular complexity index is 178. The van der Waals surface area contributed by atoms with Crippen LogP contribution in [0.3, 0.4) is 0 Å². The lowest BCUT2D eigenvalue weighted by molar-refractivity contribution is -0.0646. The van der Waals surface area contributed by atoms with Crippen LogP contribution in [0.5, 0.6) is 0 Å². The summed E-state index contributed by atoms with van der Waals surface area (Å²) in [6.07, 6.45) is 8.98. The molecule has 15 heavy (non-hydrogen) atoms. The van der Waals surface area contributed by atoms with Crippen molar-refractivity contribution in [2.24, 2.45) is 23.2 Å². The standard InChI is InChI=1S/C13H24.C2H6/c1-4-5-11-8-12(9-11)13(3)7-6-10(13)2;1-2/h10-12H,4-9H2,1-3H3;1-2H3/t10-,11?,12?,13+;/m0./s1. The molecular formula is C15H30. The molecule has 2 saturated carbocycles. The molecule has 0 unspecified atom stereocenters. The maximum absolute atomic E-state index is 2.54. The average Bonchev–Trinajstić information content (AvgIpc) is 2.22. The van der Waals surface area contributed by atoms with Crippen LogP contribution in [0.1, 0.15) is 73.1 Å². The minimum absolute atomic E-state index is 0.754. The van der Waals surface area contributed by atoms with Gasteiger partial charge in [-0.3, -0.25) is 0 Å². The van der Waals surface area contributed by atoms with Crippen LogP contribution in [-0.4, -0.2) is 0 Å². The first kappa shape index (κ1) is 13.1. The highest BCUT2D eigenvalue weighted by atomic mass is 14.5. The monoisotopic (exact) mass is 210 g/mol. The molecule has 90 valence electrons. The molecule has 2 aliphatic rings. The summed E-state index contributed by atoms with van der Waals surface area (Å²) in [6, 6.07) is 0.